The highest BCUT2D eigenvalue weighted by Gasteiger charge is 2.46. The standard InChI is InChI=1S/C14H18BrNO5S2/c1-21-14-5-4-12(8-13(14)15)23(19,20)16(10-2-3-10)11-6-7-22(17,18)9-11/h4-5,8,10-11H,2-3,6-7,9H2,1H3. The van der Waals surface area contributed by atoms with Gasteiger partial charge in [0.2, 0.25) is 10.0 Å². The summed E-state index contributed by atoms with van der Waals surface area (Å²) in [6.45, 7) is 0. The third-order valence-corrected chi connectivity index (χ3v) is 8.54. The van der Waals surface area contributed by atoms with E-state index < -0.39 is 25.9 Å². The summed E-state index contributed by atoms with van der Waals surface area (Å²) < 4.78 is 56.7. The lowest BCUT2D eigenvalue weighted by atomic mass is 10.2. The van der Waals surface area contributed by atoms with Gasteiger partial charge in [-0.25, -0.2) is 16.8 Å². The highest BCUT2D eigenvalue weighted by atomic mass is 79.9. The van der Waals surface area contributed by atoms with Gasteiger partial charge in [-0.2, -0.15) is 4.31 Å². The molecule has 1 heterocycles. The molecule has 1 unspecified atom stereocenters. The molecule has 0 bridgehead atoms. The maximum absolute atomic E-state index is 13.0. The van der Waals surface area contributed by atoms with Gasteiger partial charge in [0.1, 0.15) is 5.75 Å². The number of methoxy groups -OCH3 is 1. The summed E-state index contributed by atoms with van der Waals surface area (Å²) in [6.07, 6.45) is 1.94. The number of ether oxygens (including phenoxy) is 1. The van der Waals surface area contributed by atoms with Crippen molar-refractivity contribution >= 4 is 35.8 Å². The summed E-state index contributed by atoms with van der Waals surface area (Å²) in [5.74, 6) is 0.522. The number of sulfone groups is 1. The van der Waals surface area contributed by atoms with E-state index in [4.69, 9.17) is 4.74 Å². The van der Waals surface area contributed by atoms with E-state index in [0.29, 0.717) is 16.6 Å². The molecule has 0 N–H and O–H groups in total. The molecule has 0 aromatic heterocycles. The molecule has 1 aromatic rings. The molecule has 23 heavy (non-hydrogen) atoms. The second-order valence-electron chi connectivity index (χ2n) is 5.92. The van der Waals surface area contributed by atoms with Crippen LogP contribution in [0.1, 0.15) is 19.3 Å². The van der Waals surface area contributed by atoms with Crippen molar-refractivity contribution in [1.82, 2.24) is 4.31 Å². The zero-order valence-corrected chi connectivity index (χ0v) is 15.8. The molecular weight excluding hydrogens is 406 g/mol. The van der Waals surface area contributed by atoms with Crippen LogP contribution in [0, 0.1) is 0 Å². The molecule has 1 aliphatic heterocycles. The zero-order chi connectivity index (χ0) is 16.8. The highest BCUT2D eigenvalue weighted by molar-refractivity contribution is 9.10. The third-order valence-electron chi connectivity index (χ3n) is 4.17. The molecule has 0 spiro atoms. The van der Waals surface area contributed by atoms with Crippen molar-refractivity contribution in [1.29, 1.82) is 0 Å². The normalized spacial score (nSPS) is 24.0. The first-order chi connectivity index (χ1) is 10.7. The van der Waals surface area contributed by atoms with Crippen LogP contribution in [0.15, 0.2) is 27.6 Å². The van der Waals surface area contributed by atoms with Gasteiger partial charge in [-0.15, -0.1) is 0 Å². The quantitative estimate of drug-likeness (QED) is 0.720. The van der Waals surface area contributed by atoms with Crippen LogP contribution in [0.4, 0.5) is 0 Å². The average Bonchev–Trinajstić information content (AvgIpc) is 3.22. The van der Waals surface area contributed by atoms with E-state index >= 15 is 0 Å². The molecule has 2 aliphatic rings. The van der Waals surface area contributed by atoms with Crippen molar-refractivity contribution in [2.24, 2.45) is 0 Å². The molecule has 1 atom stereocenters. The SMILES string of the molecule is COc1ccc(S(=O)(=O)N(C2CC2)C2CCS(=O)(=O)C2)cc1Br. The molecule has 0 amide bonds. The van der Waals surface area contributed by atoms with E-state index in [1.165, 1.54) is 23.5 Å². The van der Waals surface area contributed by atoms with Gasteiger partial charge in [0.05, 0.1) is 28.0 Å². The molecule has 6 nitrogen and oxygen atoms in total. The van der Waals surface area contributed by atoms with Crippen molar-refractivity contribution in [2.75, 3.05) is 18.6 Å². The average molecular weight is 424 g/mol. The van der Waals surface area contributed by atoms with E-state index in [0.717, 1.165) is 12.8 Å². The van der Waals surface area contributed by atoms with Gasteiger partial charge in [0.25, 0.3) is 0 Å². The largest absolute Gasteiger partial charge is 0.496 e. The van der Waals surface area contributed by atoms with Crippen LogP contribution in [0.3, 0.4) is 0 Å². The minimum atomic E-state index is -3.74. The van der Waals surface area contributed by atoms with E-state index in [-0.39, 0.29) is 22.4 Å². The Morgan fingerprint density at radius 1 is 1.22 bits per heavy atom. The predicted octanol–water partition coefficient (Wildman–Crippen LogP) is 1.80. The Kier molecular flexibility index (Phi) is 4.50. The summed E-state index contributed by atoms with van der Waals surface area (Å²) in [5.41, 5.74) is 0. The number of nitrogens with zero attached hydrogens (tertiary/aromatic N) is 1. The number of hydrogen-bond acceptors (Lipinski definition) is 5. The minimum Gasteiger partial charge on any atom is -0.496 e. The molecule has 2 fully saturated rings. The summed E-state index contributed by atoms with van der Waals surface area (Å²) in [5, 5.41) is 0. The minimum absolute atomic E-state index is 0.0582. The molecule has 1 aliphatic carbocycles. The fourth-order valence-corrected chi connectivity index (χ4v) is 7.35. The van der Waals surface area contributed by atoms with Crippen LogP contribution in [-0.2, 0) is 19.9 Å². The summed E-state index contributed by atoms with van der Waals surface area (Å²) in [4.78, 5) is 0.154. The fraction of sp³-hybridized carbons (Fsp3) is 0.571. The molecule has 1 aromatic carbocycles. The Morgan fingerprint density at radius 3 is 2.39 bits per heavy atom. The summed E-state index contributed by atoms with van der Waals surface area (Å²) in [6, 6.07) is 4.05. The van der Waals surface area contributed by atoms with Crippen LogP contribution in [-0.4, -0.2) is 51.8 Å². The second kappa shape index (κ2) is 6.02. The molecule has 0 radical (unpaired) electrons. The van der Waals surface area contributed by atoms with E-state index in [1.807, 2.05) is 0 Å². The fourth-order valence-electron chi connectivity index (χ4n) is 2.93. The number of hydrogen-bond donors (Lipinski definition) is 0. The van der Waals surface area contributed by atoms with Gasteiger partial charge in [0.15, 0.2) is 9.84 Å². The Hall–Kier alpha value is -0.640. The highest BCUT2D eigenvalue weighted by Crippen LogP contribution is 2.38. The molecule has 3 rings (SSSR count). The smallest absolute Gasteiger partial charge is 0.243 e. The third kappa shape index (κ3) is 3.42. The van der Waals surface area contributed by atoms with Crippen LogP contribution in [0.25, 0.3) is 0 Å². The maximum atomic E-state index is 13.0. The molecule has 1 saturated heterocycles. The van der Waals surface area contributed by atoms with Crippen molar-refractivity contribution in [3.8, 4) is 5.75 Å². The molecule has 128 valence electrons. The van der Waals surface area contributed by atoms with Crippen molar-refractivity contribution in [3.05, 3.63) is 22.7 Å². The zero-order valence-electron chi connectivity index (χ0n) is 12.6. The predicted molar refractivity (Wildman–Crippen MR) is 89.8 cm³/mol. The summed E-state index contributed by atoms with van der Waals surface area (Å²) >= 11 is 3.30. The first-order valence-corrected chi connectivity index (χ1v) is 11.4. The Morgan fingerprint density at radius 2 is 1.91 bits per heavy atom. The van der Waals surface area contributed by atoms with Crippen LogP contribution < -0.4 is 4.74 Å². The van der Waals surface area contributed by atoms with Gasteiger partial charge in [-0.05, 0) is 53.4 Å². The lowest BCUT2D eigenvalue weighted by Gasteiger charge is -2.27. The van der Waals surface area contributed by atoms with Gasteiger partial charge < -0.3 is 4.74 Å². The lowest BCUT2D eigenvalue weighted by Crippen LogP contribution is -2.42. The first kappa shape index (κ1) is 17.2. The summed E-state index contributed by atoms with van der Waals surface area (Å²) in [7, 11) is -5.37. The number of rotatable bonds is 5. The van der Waals surface area contributed by atoms with Gasteiger partial charge in [-0.1, -0.05) is 0 Å². The van der Waals surface area contributed by atoms with Gasteiger partial charge in [-0.3, -0.25) is 0 Å². The number of sulfonamides is 1. The van der Waals surface area contributed by atoms with E-state index in [9.17, 15) is 16.8 Å². The molecular formula is C14H18BrNO5S2. The molecule has 1 saturated carbocycles. The topological polar surface area (TPSA) is 80.8 Å². The molecule has 9 heteroatoms. The van der Waals surface area contributed by atoms with Gasteiger partial charge >= 0.3 is 0 Å². The van der Waals surface area contributed by atoms with E-state index in [2.05, 4.69) is 15.9 Å². The van der Waals surface area contributed by atoms with Gasteiger partial charge in [0, 0.05) is 12.1 Å². The lowest BCUT2D eigenvalue weighted by molar-refractivity contribution is 0.332. The Bertz CT molecular complexity index is 818. The van der Waals surface area contributed by atoms with E-state index in [1.54, 1.807) is 6.07 Å². The first-order valence-electron chi connectivity index (χ1n) is 7.32. The van der Waals surface area contributed by atoms with Crippen LogP contribution in [0.2, 0.25) is 0 Å². The Labute approximate surface area is 144 Å². The van der Waals surface area contributed by atoms with Crippen LogP contribution in [0.5, 0.6) is 5.75 Å². The second-order valence-corrected chi connectivity index (χ2v) is 10.8. The van der Waals surface area contributed by atoms with Crippen molar-refractivity contribution < 1.29 is 21.6 Å². The number of benzene rings is 1. The van der Waals surface area contributed by atoms with Crippen molar-refractivity contribution in [3.63, 3.8) is 0 Å². The monoisotopic (exact) mass is 423 g/mol. The Balaban J connectivity index is 1.97. The van der Waals surface area contributed by atoms with Crippen molar-refractivity contribution in [2.45, 2.75) is 36.2 Å². The number of halogens is 1. The van der Waals surface area contributed by atoms with Crippen LogP contribution >= 0.6 is 15.9 Å². The maximum Gasteiger partial charge on any atom is 0.243 e.